The fourth-order valence-corrected chi connectivity index (χ4v) is 3.19. The highest BCUT2D eigenvalue weighted by atomic mass is 16.5. The topological polar surface area (TPSA) is 26.3 Å². The maximum absolute atomic E-state index is 11.1. The minimum absolute atomic E-state index is 0.312. The predicted octanol–water partition coefficient (Wildman–Crippen LogP) is 3.68. The van der Waals surface area contributed by atoms with Gasteiger partial charge in [0.2, 0.25) is 0 Å². The molecule has 112 valence electrons. The van der Waals surface area contributed by atoms with E-state index in [4.69, 9.17) is 4.74 Å². The maximum atomic E-state index is 11.1. The molecule has 1 saturated heterocycles. The molecule has 21 heavy (non-hydrogen) atoms. The molecule has 1 heterocycles. The van der Waals surface area contributed by atoms with Crippen molar-refractivity contribution >= 4 is 18.1 Å². The Morgan fingerprint density at radius 3 is 2.19 bits per heavy atom. The van der Waals surface area contributed by atoms with E-state index in [-0.39, 0.29) is 5.97 Å². The summed E-state index contributed by atoms with van der Waals surface area (Å²) < 4.78 is 5.05. The van der Waals surface area contributed by atoms with Crippen LogP contribution in [0, 0.1) is 10.8 Å². The van der Waals surface area contributed by atoms with E-state index in [1.807, 2.05) is 0 Å². The molecule has 0 aromatic heterocycles. The Kier molecular flexibility index (Phi) is 4.31. The molecule has 0 unspecified atom stereocenters. The summed E-state index contributed by atoms with van der Waals surface area (Å²) in [5, 5.41) is 0. The molecule has 0 aliphatic carbocycles. The quantitative estimate of drug-likeness (QED) is 0.479. The van der Waals surface area contributed by atoms with Crippen LogP contribution in [0.4, 0.5) is 0 Å². The Bertz CT molecular complexity index is 513. The molecule has 3 heteroatoms. The van der Waals surface area contributed by atoms with Gasteiger partial charge < -0.3 is 4.74 Å². The highest BCUT2D eigenvalue weighted by Gasteiger charge is 2.47. The van der Waals surface area contributed by atoms with Gasteiger partial charge in [0.25, 0.3) is 0 Å². The van der Waals surface area contributed by atoms with E-state index in [0.717, 1.165) is 5.56 Å². The van der Waals surface area contributed by atoms with Gasteiger partial charge in [-0.15, -0.1) is 0 Å². The van der Waals surface area contributed by atoms with Crippen molar-refractivity contribution < 1.29 is 9.53 Å². The lowest BCUT2D eigenvalue weighted by molar-refractivity contribution is -0.138. The lowest BCUT2D eigenvalue weighted by atomic mass is 9.42. The molecule has 1 aromatic rings. The zero-order valence-electron chi connectivity index (χ0n) is 13.6. The molecule has 0 bridgehead atoms. The van der Waals surface area contributed by atoms with Crippen LogP contribution in [0.5, 0.6) is 0 Å². The number of esters is 1. The molecule has 0 amide bonds. The van der Waals surface area contributed by atoms with Gasteiger partial charge in [-0.25, -0.2) is 4.79 Å². The van der Waals surface area contributed by atoms with Gasteiger partial charge in [-0.1, -0.05) is 76.6 Å². The number of carbonyl (C=O) groups excluding carboxylic acids is 1. The van der Waals surface area contributed by atoms with E-state index in [2.05, 4.69) is 58.5 Å². The van der Waals surface area contributed by atoms with Crippen LogP contribution in [0.1, 0.15) is 33.3 Å². The van der Waals surface area contributed by atoms with Crippen molar-refractivity contribution in [3.63, 3.8) is 0 Å². The number of rotatable bonds is 4. The SMILES string of the molecule is C=CC(=O)OCc1ccc(B2CC(C)(C)C(C)(C)C2)cc1. The third-order valence-corrected chi connectivity index (χ3v) is 5.34. The van der Waals surface area contributed by atoms with Gasteiger partial charge in [-0.05, 0) is 16.4 Å². The fourth-order valence-electron chi connectivity index (χ4n) is 3.19. The van der Waals surface area contributed by atoms with E-state index in [1.165, 1.54) is 24.2 Å². The monoisotopic (exact) mass is 284 g/mol. The first-order valence-electron chi connectivity index (χ1n) is 7.63. The van der Waals surface area contributed by atoms with E-state index >= 15 is 0 Å². The van der Waals surface area contributed by atoms with E-state index < -0.39 is 0 Å². The molecule has 1 aliphatic heterocycles. The third-order valence-electron chi connectivity index (χ3n) is 5.34. The van der Waals surface area contributed by atoms with Crippen molar-refractivity contribution in [2.75, 3.05) is 0 Å². The summed E-state index contributed by atoms with van der Waals surface area (Å²) in [7, 11) is 0. The average molecular weight is 284 g/mol. The number of benzene rings is 1. The van der Waals surface area contributed by atoms with Gasteiger partial charge in [-0.2, -0.15) is 0 Å². The zero-order valence-corrected chi connectivity index (χ0v) is 13.6. The summed E-state index contributed by atoms with van der Waals surface area (Å²) in [6, 6.07) is 8.48. The normalized spacial score (nSPS) is 19.3. The van der Waals surface area contributed by atoms with Crippen LogP contribution in [0.25, 0.3) is 0 Å². The van der Waals surface area contributed by atoms with Crippen LogP contribution in [0.3, 0.4) is 0 Å². The highest BCUT2D eigenvalue weighted by molar-refractivity contribution is 6.74. The first-order chi connectivity index (χ1) is 9.75. The van der Waals surface area contributed by atoms with Crippen LogP contribution >= 0.6 is 0 Å². The van der Waals surface area contributed by atoms with E-state index in [9.17, 15) is 4.79 Å². The molecule has 0 saturated carbocycles. The Morgan fingerprint density at radius 1 is 1.19 bits per heavy atom. The summed E-state index contributed by atoms with van der Waals surface area (Å²) >= 11 is 0. The van der Waals surface area contributed by atoms with Crippen molar-refractivity contribution in [1.29, 1.82) is 0 Å². The van der Waals surface area contributed by atoms with E-state index in [0.29, 0.717) is 24.1 Å². The summed E-state index contributed by atoms with van der Waals surface area (Å²) in [4.78, 5) is 11.1. The largest absolute Gasteiger partial charge is 0.458 e. The molecular formula is C18H25BO2. The minimum Gasteiger partial charge on any atom is -0.458 e. The second-order valence-electron chi connectivity index (χ2n) is 7.43. The fraction of sp³-hybridized carbons (Fsp3) is 0.500. The van der Waals surface area contributed by atoms with Crippen molar-refractivity contribution in [3.8, 4) is 0 Å². The number of carbonyl (C=O) groups is 1. The molecule has 0 radical (unpaired) electrons. The van der Waals surface area contributed by atoms with Gasteiger partial charge in [0.05, 0.1) is 0 Å². The molecule has 2 rings (SSSR count). The standard InChI is InChI=1S/C18H25BO2/c1-6-16(20)21-11-14-7-9-15(10-8-14)19-12-17(2,3)18(4,5)13-19/h6-10H,1,11-13H2,2-5H3. The lowest BCUT2D eigenvalue weighted by Crippen LogP contribution is -2.27. The molecule has 0 N–H and O–H groups in total. The van der Waals surface area contributed by atoms with Crippen molar-refractivity contribution in [1.82, 2.24) is 0 Å². The van der Waals surface area contributed by atoms with Crippen molar-refractivity contribution in [2.24, 2.45) is 10.8 Å². The smallest absolute Gasteiger partial charge is 0.330 e. The van der Waals surface area contributed by atoms with Crippen molar-refractivity contribution in [3.05, 3.63) is 42.5 Å². The van der Waals surface area contributed by atoms with Gasteiger partial charge in [-0.3, -0.25) is 0 Å². The van der Waals surface area contributed by atoms with Crippen LogP contribution < -0.4 is 5.46 Å². The van der Waals surface area contributed by atoms with Crippen molar-refractivity contribution in [2.45, 2.75) is 46.9 Å². The average Bonchev–Trinajstić information content (AvgIpc) is 2.65. The summed E-state index contributed by atoms with van der Waals surface area (Å²) in [5.41, 5.74) is 3.16. The van der Waals surface area contributed by atoms with Crippen LogP contribution in [0.2, 0.25) is 12.6 Å². The number of hydrogen-bond donors (Lipinski definition) is 0. The third kappa shape index (κ3) is 3.40. The molecule has 1 aromatic carbocycles. The zero-order chi connectivity index (χ0) is 15.7. The summed E-state index contributed by atoms with van der Waals surface area (Å²) in [6.45, 7) is 13.8. The molecule has 0 spiro atoms. The van der Waals surface area contributed by atoms with E-state index in [1.54, 1.807) is 0 Å². The van der Waals surface area contributed by atoms with Gasteiger partial charge in [0.15, 0.2) is 6.71 Å². The van der Waals surface area contributed by atoms with Gasteiger partial charge >= 0.3 is 5.97 Å². The Hall–Kier alpha value is -1.51. The Labute approximate surface area is 128 Å². The number of ether oxygens (including phenoxy) is 1. The predicted molar refractivity (Wildman–Crippen MR) is 89.0 cm³/mol. The Morgan fingerprint density at radius 2 is 1.71 bits per heavy atom. The minimum atomic E-state index is -0.377. The summed E-state index contributed by atoms with van der Waals surface area (Å²) in [6.07, 6.45) is 3.65. The van der Waals surface area contributed by atoms with Gasteiger partial charge in [0.1, 0.15) is 6.61 Å². The van der Waals surface area contributed by atoms with Crippen LogP contribution in [-0.2, 0) is 16.1 Å². The lowest BCUT2D eigenvalue weighted by Gasteiger charge is -2.35. The van der Waals surface area contributed by atoms with Crippen LogP contribution in [-0.4, -0.2) is 12.7 Å². The molecule has 0 atom stereocenters. The number of hydrogen-bond acceptors (Lipinski definition) is 2. The molecule has 1 fully saturated rings. The summed E-state index contributed by atoms with van der Waals surface area (Å²) in [5.74, 6) is -0.377. The first-order valence-corrected chi connectivity index (χ1v) is 7.63. The van der Waals surface area contributed by atoms with Crippen LogP contribution in [0.15, 0.2) is 36.9 Å². The first kappa shape index (κ1) is 15.9. The van der Waals surface area contributed by atoms with Gasteiger partial charge in [0, 0.05) is 6.08 Å². The second-order valence-corrected chi connectivity index (χ2v) is 7.43. The maximum Gasteiger partial charge on any atom is 0.330 e. The molecular weight excluding hydrogens is 259 g/mol. The second kappa shape index (κ2) is 5.71. The molecule has 2 nitrogen and oxygen atoms in total. The highest BCUT2D eigenvalue weighted by Crippen LogP contribution is 2.52. The molecule has 1 aliphatic rings. The Balaban J connectivity index is 2.03.